The molecule has 10 N–H and O–H groups in total. The molecule has 8 rings (SSSR count). The molecule has 23 atom stereocenters. The first-order valence-electron chi connectivity index (χ1n) is 23.7. The fraction of sp³-hybridized carbons (Fsp3) is 0.936. The molecule has 366 valence electrons. The van der Waals surface area contributed by atoms with Gasteiger partial charge in [-0.25, -0.2) is 0 Å². The number of hydrogen-bond donors (Lipinski definition) is 10. The van der Waals surface area contributed by atoms with E-state index < -0.39 is 132 Å². The molecule has 17 nitrogen and oxygen atoms in total. The predicted octanol–water partition coefficient (Wildman–Crippen LogP) is 0.778. The highest BCUT2D eigenvalue weighted by Crippen LogP contribution is 2.76. The minimum atomic E-state index is -1.74. The van der Waals surface area contributed by atoms with Crippen LogP contribution in [0.15, 0.2) is 11.6 Å². The van der Waals surface area contributed by atoms with Crippen LogP contribution >= 0.6 is 0 Å². The highest BCUT2D eigenvalue weighted by Gasteiger charge is 2.71. The molecule has 0 radical (unpaired) electrons. The van der Waals surface area contributed by atoms with Crippen LogP contribution in [0.5, 0.6) is 0 Å². The summed E-state index contributed by atoms with van der Waals surface area (Å²) < 4.78 is 36.1. The molecule has 0 bridgehead atoms. The van der Waals surface area contributed by atoms with Gasteiger partial charge < -0.3 is 79.5 Å². The summed E-state index contributed by atoms with van der Waals surface area (Å²) in [5, 5.41) is 107. The molecule has 0 aromatic heterocycles. The molecule has 3 heterocycles. The maximum Gasteiger partial charge on any atom is 0.315 e. The summed E-state index contributed by atoms with van der Waals surface area (Å²) in [5.74, 6) is -0.812. The Bertz CT molecular complexity index is 1760. The first-order valence-corrected chi connectivity index (χ1v) is 23.7. The minimum absolute atomic E-state index is 0.158. The summed E-state index contributed by atoms with van der Waals surface area (Å²) in [5.41, 5.74) is -1.82. The number of rotatable bonds is 7. The number of aliphatic hydroxyl groups excluding tert-OH is 10. The van der Waals surface area contributed by atoms with Crippen molar-refractivity contribution < 1.29 is 84.3 Å². The van der Waals surface area contributed by atoms with E-state index in [4.69, 9.17) is 28.4 Å². The third kappa shape index (κ3) is 7.31. The Morgan fingerprint density at radius 2 is 1.36 bits per heavy atom. The van der Waals surface area contributed by atoms with Gasteiger partial charge in [0.25, 0.3) is 0 Å². The third-order valence-corrected chi connectivity index (χ3v) is 19.1. The topological polar surface area (TPSA) is 275 Å². The summed E-state index contributed by atoms with van der Waals surface area (Å²) in [6, 6.07) is 0. The molecule has 0 spiro atoms. The number of allylic oxidation sites excluding steroid dienone is 1. The van der Waals surface area contributed by atoms with Crippen LogP contribution in [0.2, 0.25) is 0 Å². The van der Waals surface area contributed by atoms with Crippen LogP contribution in [0, 0.1) is 50.2 Å². The Kier molecular flexibility index (Phi) is 13.0. The van der Waals surface area contributed by atoms with Gasteiger partial charge in [-0.3, -0.25) is 4.79 Å². The second-order valence-electron chi connectivity index (χ2n) is 23.0. The molecule has 4 saturated carbocycles. The van der Waals surface area contributed by atoms with E-state index in [0.717, 1.165) is 31.3 Å². The van der Waals surface area contributed by atoms with Crippen LogP contribution in [0.25, 0.3) is 0 Å². The van der Waals surface area contributed by atoms with Crippen molar-refractivity contribution in [3.63, 3.8) is 0 Å². The van der Waals surface area contributed by atoms with Gasteiger partial charge in [-0.1, -0.05) is 60.1 Å². The molecule has 7 fully saturated rings. The van der Waals surface area contributed by atoms with Crippen molar-refractivity contribution in [2.24, 2.45) is 50.2 Å². The summed E-state index contributed by atoms with van der Waals surface area (Å²) in [6.45, 7) is 16.2. The molecule has 0 amide bonds. The number of aliphatic hydroxyl groups is 10. The highest BCUT2D eigenvalue weighted by molar-refractivity contribution is 5.79. The van der Waals surface area contributed by atoms with E-state index in [1.165, 1.54) is 6.92 Å². The lowest BCUT2D eigenvalue weighted by Crippen LogP contribution is -2.67. The smallest absolute Gasteiger partial charge is 0.315 e. The van der Waals surface area contributed by atoms with Crippen LogP contribution < -0.4 is 0 Å². The van der Waals surface area contributed by atoms with Gasteiger partial charge in [0.2, 0.25) is 6.29 Å². The van der Waals surface area contributed by atoms with E-state index >= 15 is 0 Å². The van der Waals surface area contributed by atoms with Crippen molar-refractivity contribution >= 4 is 5.97 Å². The highest BCUT2D eigenvalue weighted by atomic mass is 16.8. The Morgan fingerprint density at radius 3 is 2.05 bits per heavy atom. The van der Waals surface area contributed by atoms with Gasteiger partial charge in [-0.05, 0) is 104 Å². The standard InChI is InChI=1S/C47H76O17/c1-21-29(50)32(53)34(55)38(60-21)63-36-30(51)23(49)20-59-40(36)62-27-12-13-44(6)25(43(27,4)5)11-14-46(8)26(44)10-9-22-28-37(57)42(2,3)15-17-47(28,18-16-45(22,46)7)41(58)64-39-35(56)33(54)31(52)24(19-48)61-39/h9,21,23-40,48-57H,10-20H2,1-8H3/t21-,23-,24+,25-,26+,27-,28-,29-,30-,31+,32+,33-,34+,35+,36+,37-,38-,39-,40-,44-,45+,46+,47-/m0/s1. The zero-order valence-electron chi connectivity index (χ0n) is 38.7. The van der Waals surface area contributed by atoms with Crippen LogP contribution in [-0.2, 0) is 33.2 Å². The number of carbonyl (C=O) groups is 1. The van der Waals surface area contributed by atoms with E-state index in [1.807, 2.05) is 13.8 Å². The fourth-order valence-corrected chi connectivity index (χ4v) is 14.7. The zero-order chi connectivity index (χ0) is 46.9. The van der Waals surface area contributed by atoms with Gasteiger partial charge in [-0.2, -0.15) is 0 Å². The lowest BCUT2D eigenvalue weighted by molar-refractivity contribution is -0.364. The van der Waals surface area contributed by atoms with E-state index in [9.17, 15) is 55.9 Å². The number of esters is 1. The van der Waals surface area contributed by atoms with Crippen molar-refractivity contribution in [1.82, 2.24) is 0 Å². The Labute approximate surface area is 376 Å². The van der Waals surface area contributed by atoms with Crippen molar-refractivity contribution in [1.29, 1.82) is 0 Å². The number of carbonyl (C=O) groups excluding carboxylic acids is 1. The van der Waals surface area contributed by atoms with E-state index in [1.54, 1.807) is 0 Å². The van der Waals surface area contributed by atoms with Crippen molar-refractivity contribution in [2.45, 2.75) is 211 Å². The average Bonchev–Trinajstić information content (AvgIpc) is 3.24. The Balaban J connectivity index is 1.05. The molecule has 0 aromatic carbocycles. The second-order valence-corrected chi connectivity index (χ2v) is 23.0. The van der Waals surface area contributed by atoms with Crippen LogP contribution in [0.4, 0.5) is 0 Å². The van der Waals surface area contributed by atoms with Gasteiger partial charge in [0.05, 0.1) is 36.9 Å². The van der Waals surface area contributed by atoms with E-state index in [0.29, 0.717) is 32.1 Å². The number of ether oxygens (including phenoxy) is 6. The normalized spacial score (nSPS) is 54.6. The van der Waals surface area contributed by atoms with Gasteiger partial charge in [0.15, 0.2) is 12.6 Å². The molecule has 3 aliphatic heterocycles. The molecular formula is C47H76O17. The molecule has 17 heteroatoms. The lowest BCUT2D eigenvalue weighted by Gasteiger charge is -2.71. The summed E-state index contributed by atoms with van der Waals surface area (Å²) in [7, 11) is 0. The van der Waals surface area contributed by atoms with Crippen LogP contribution in [0.3, 0.4) is 0 Å². The first kappa shape index (κ1) is 49.0. The minimum Gasteiger partial charge on any atom is -0.432 e. The van der Waals surface area contributed by atoms with Gasteiger partial charge in [-0.15, -0.1) is 0 Å². The quantitative estimate of drug-likeness (QED) is 0.0960. The van der Waals surface area contributed by atoms with Crippen LogP contribution in [0.1, 0.15) is 113 Å². The molecule has 0 aromatic rings. The predicted molar refractivity (Wildman–Crippen MR) is 224 cm³/mol. The molecule has 8 aliphatic rings. The zero-order valence-corrected chi connectivity index (χ0v) is 38.7. The van der Waals surface area contributed by atoms with Gasteiger partial charge in [0.1, 0.15) is 61.0 Å². The summed E-state index contributed by atoms with van der Waals surface area (Å²) in [4.78, 5) is 14.7. The van der Waals surface area contributed by atoms with E-state index in [-0.39, 0.29) is 35.4 Å². The Morgan fingerprint density at radius 1 is 0.703 bits per heavy atom. The molecule has 64 heavy (non-hydrogen) atoms. The lowest BCUT2D eigenvalue weighted by atomic mass is 9.33. The molecule has 0 unspecified atom stereocenters. The fourth-order valence-electron chi connectivity index (χ4n) is 14.7. The molecule has 3 saturated heterocycles. The van der Waals surface area contributed by atoms with Crippen molar-refractivity contribution in [2.75, 3.05) is 13.2 Å². The third-order valence-electron chi connectivity index (χ3n) is 19.1. The Hall–Kier alpha value is -1.39. The molecule has 5 aliphatic carbocycles. The van der Waals surface area contributed by atoms with Gasteiger partial charge in [0, 0.05) is 5.92 Å². The maximum atomic E-state index is 14.7. The van der Waals surface area contributed by atoms with Gasteiger partial charge >= 0.3 is 5.97 Å². The number of hydrogen-bond acceptors (Lipinski definition) is 17. The van der Waals surface area contributed by atoms with Crippen molar-refractivity contribution in [3.8, 4) is 0 Å². The number of fused-ring (bicyclic) bond motifs is 7. The summed E-state index contributed by atoms with van der Waals surface area (Å²) >= 11 is 0. The van der Waals surface area contributed by atoms with E-state index in [2.05, 4.69) is 40.7 Å². The summed E-state index contributed by atoms with van der Waals surface area (Å²) in [6.07, 6.45) is -12.9. The SMILES string of the molecule is C[C@@H]1O[C@@H](O[C@H]2[C@H](O[C@H]3CC[C@]4(C)[C@H]5CC=C6[C@H]7[C@H](O)C(C)(C)CC[C@]7(C(=O)O[C@@H]7O[C@H](CO)[C@@H](O)[C@H](O)[C@H]7O)CC[C@@]6(C)[C@]5(C)CC[C@H]4C3(C)C)OC[C@H](O)[C@@H]2O)[C@H](O)[C@H](O)[C@H]1O. The second kappa shape index (κ2) is 16.9. The largest absolute Gasteiger partial charge is 0.432 e. The molecular weight excluding hydrogens is 836 g/mol. The first-order chi connectivity index (χ1) is 29.8. The van der Waals surface area contributed by atoms with Crippen LogP contribution in [-0.4, -0.2) is 168 Å². The monoisotopic (exact) mass is 913 g/mol. The average molecular weight is 913 g/mol. The maximum absolute atomic E-state index is 14.7. The van der Waals surface area contributed by atoms with Crippen molar-refractivity contribution in [3.05, 3.63) is 11.6 Å².